The van der Waals surface area contributed by atoms with Gasteiger partial charge in [0, 0.05) is 32.2 Å². The number of halogens is 2. The molecule has 1 fully saturated rings. The highest BCUT2D eigenvalue weighted by molar-refractivity contribution is 5.85. The van der Waals surface area contributed by atoms with Gasteiger partial charge < -0.3 is 14.8 Å². The van der Waals surface area contributed by atoms with Crippen LogP contribution in [-0.2, 0) is 6.61 Å². The topological polar surface area (TPSA) is 33.7 Å². The van der Waals surface area contributed by atoms with Crippen molar-refractivity contribution in [2.45, 2.75) is 32.9 Å². The first kappa shape index (κ1) is 25.6. The Hall–Kier alpha value is -1.46. The summed E-state index contributed by atoms with van der Waals surface area (Å²) in [4.78, 5) is 2.60. The highest BCUT2D eigenvalue weighted by Crippen LogP contribution is 2.36. The highest BCUT2D eigenvalue weighted by Gasteiger charge is 2.27. The summed E-state index contributed by atoms with van der Waals surface area (Å²) in [5.74, 6) is 2.20. The molecule has 0 aliphatic carbocycles. The molecule has 0 saturated carbocycles. The maximum atomic E-state index is 6.03. The second-order valence-electron chi connectivity index (χ2n) is 7.30. The van der Waals surface area contributed by atoms with E-state index in [1.165, 1.54) is 5.56 Å². The van der Waals surface area contributed by atoms with Gasteiger partial charge in [-0.2, -0.15) is 0 Å². The Kier molecular flexibility index (Phi) is 11.4. The van der Waals surface area contributed by atoms with Crippen molar-refractivity contribution < 1.29 is 9.47 Å². The van der Waals surface area contributed by atoms with Crippen LogP contribution < -0.4 is 14.8 Å². The second kappa shape index (κ2) is 13.0. The third-order valence-corrected chi connectivity index (χ3v) is 5.49. The van der Waals surface area contributed by atoms with E-state index in [-0.39, 0.29) is 24.8 Å². The summed E-state index contributed by atoms with van der Waals surface area (Å²) in [6, 6.07) is 17.1. The van der Waals surface area contributed by atoms with E-state index in [0.29, 0.717) is 18.6 Å². The summed E-state index contributed by atoms with van der Waals surface area (Å²) in [6.45, 7) is 9.45. The molecule has 2 aromatic carbocycles. The molecule has 2 aromatic rings. The van der Waals surface area contributed by atoms with Crippen LogP contribution in [0.4, 0.5) is 0 Å². The number of nitrogens with one attached hydrogen (secondary N) is 1. The summed E-state index contributed by atoms with van der Waals surface area (Å²) in [6.07, 6.45) is 1.16. The lowest BCUT2D eigenvalue weighted by molar-refractivity contribution is 0.128. The van der Waals surface area contributed by atoms with Gasteiger partial charge in [-0.3, -0.25) is 4.90 Å². The fraction of sp³-hybridized carbons (Fsp3) is 0.478. The van der Waals surface area contributed by atoms with Gasteiger partial charge in [0.1, 0.15) is 6.61 Å². The average molecular weight is 441 g/mol. The monoisotopic (exact) mass is 440 g/mol. The van der Waals surface area contributed by atoms with Crippen LogP contribution in [0.3, 0.4) is 0 Å². The molecule has 1 N–H and O–H groups in total. The van der Waals surface area contributed by atoms with E-state index in [9.17, 15) is 0 Å². The first-order valence-electron chi connectivity index (χ1n) is 10.0. The second-order valence-corrected chi connectivity index (χ2v) is 7.30. The Morgan fingerprint density at radius 1 is 1.00 bits per heavy atom. The Balaban J connectivity index is 0.00000210. The molecule has 1 aliphatic heterocycles. The van der Waals surface area contributed by atoms with Crippen LogP contribution in [0, 0.1) is 5.92 Å². The van der Waals surface area contributed by atoms with E-state index in [2.05, 4.69) is 54.4 Å². The Morgan fingerprint density at radius 2 is 1.69 bits per heavy atom. The van der Waals surface area contributed by atoms with E-state index in [1.54, 1.807) is 7.11 Å². The third-order valence-electron chi connectivity index (χ3n) is 5.49. The van der Waals surface area contributed by atoms with Gasteiger partial charge in [-0.25, -0.2) is 0 Å². The van der Waals surface area contributed by atoms with Crippen LogP contribution >= 0.6 is 24.8 Å². The van der Waals surface area contributed by atoms with Gasteiger partial charge in [-0.15, -0.1) is 24.8 Å². The largest absolute Gasteiger partial charge is 0.493 e. The van der Waals surface area contributed by atoms with Crippen LogP contribution in [0.15, 0.2) is 48.5 Å². The number of benzene rings is 2. The molecular formula is C23H34Cl2N2O2. The minimum absolute atomic E-state index is 0. The molecule has 4 nitrogen and oxygen atoms in total. The van der Waals surface area contributed by atoms with E-state index in [0.717, 1.165) is 49.7 Å². The van der Waals surface area contributed by atoms with Crippen LogP contribution in [-0.4, -0.2) is 38.2 Å². The van der Waals surface area contributed by atoms with Crippen LogP contribution in [0.5, 0.6) is 11.5 Å². The van der Waals surface area contributed by atoms with Crippen LogP contribution in [0.2, 0.25) is 0 Å². The van der Waals surface area contributed by atoms with Crippen molar-refractivity contribution in [3.05, 3.63) is 59.7 Å². The van der Waals surface area contributed by atoms with Crippen LogP contribution in [0.25, 0.3) is 0 Å². The lowest BCUT2D eigenvalue weighted by Gasteiger charge is -2.38. The predicted molar refractivity (Wildman–Crippen MR) is 125 cm³/mol. The maximum absolute atomic E-state index is 6.03. The highest BCUT2D eigenvalue weighted by atomic mass is 35.5. The number of methoxy groups -OCH3 is 1. The molecule has 1 aliphatic rings. The summed E-state index contributed by atoms with van der Waals surface area (Å²) < 4.78 is 11.7. The molecule has 3 rings (SSSR count). The fourth-order valence-corrected chi connectivity index (χ4v) is 3.81. The van der Waals surface area contributed by atoms with Gasteiger partial charge in [0.2, 0.25) is 0 Å². The molecule has 0 bridgehead atoms. The molecule has 0 radical (unpaired) electrons. The van der Waals surface area contributed by atoms with Gasteiger partial charge in [0.15, 0.2) is 11.5 Å². The lowest BCUT2D eigenvalue weighted by atomic mass is 9.90. The number of hydrogen-bond acceptors (Lipinski definition) is 4. The molecule has 29 heavy (non-hydrogen) atoms. The number of nitrogens with zero attached hydrogens (tertiary/aromatic N) is 1. The molecule has 1 saturated heterocycles. The standard InChI is InChI=1S/C23H32N2O2.2ClH/c1-4-18(2)23(25-14-12-24-13-15-25)20-10-11-21(22(16-20)26-3)27-17-19-8-6-5-7-9-19;;/h5-11,16,18,23-24H,4,12-15,17H2,1-3H3;2*1H/t18?,23-;;/m0../s1. The van der Waals surface area contributed by atoms with Crippen molar-refractivity contribution in [1.82, 2.24) is 10.2 Å². The van der Waals surface area contributed by atoms with E-state index in [4.69, 9.17) is 9.47 Å². The normalized spacial score (nSPS) is 16.1. The Labute approximate surface area is 187 Å². The van der Waals surface area contributed by atoms with Gasteiger partial charge in [-0.1, -0.05) is 56.7 Å². The minimum atomic E-state index is 0. The number of ether oxygens (including phenoxy) is 2. The van der Waals surface area contributed by atoms with Gasteiger partial charge >= 0.3 is 0 Å². The molecule has 1 unspecified atom stereocenters. The summed E-state index contributed by atoms with van der Waals surface area (Å²) in [5.41, 5.74) is 2.47. The number of hydrogen-bond donors (Lipinski definition) is 1. The first-order chi connectivity index (χ1) is 13.2. The van der Waals surface area contributed by atoms with Crippen molar-refractivity contribution in [3.8, 4) is 11.5 Å². The number of piperazine rings is 1. The Bertz CT molecular complexity index is 709. The van der Waals surface area contributed by atoms with E-state index in [1.807, 2.05) is 18.2 Å². The molecule has 0 amide bonds. The summed E-state index contributed by atoms with van der Waals surface area (Å²) in [5, 5.41) is 3.46. The maximum Gasteiger partial charge on any atom is 0.161 e. The molecule has 1 heterocycles. The summed E-state index contributed by atoms with van der Waals surface area (Å²) >= 11 is 0. The van der Waals surface area contributed by atoms with Crippen LogP contribution in [0.1, 0.15) is 37.4 Å². The SMILES string of the molecule is CCC(C)[C@@H](c1ccc(OCc2ccccc2)c(OC)c1)N1CCNCC1.Cl.Cl. The summed E-state index contributed by atoms with van der Waals surface area (Å²) in [7, 11) is 1.72. The van der Waals surface area contributed by atoms with Gasteiger partial charge in [0.25, 0.3) is 0 Å². The fourth-order valence-electron chi connectivity index (χ4n) is 3.81. The van der Waals surface area contributed by atoms with Crippen molar-refractivity contribution >= 4 is 24.8 Å². The van der Waals surface area contributed by atoms with E-state index < -0.39 is 0 Å². The number of rotatable bonds is 8. The zero-order chi connectivity index (χ0) is 19.1. The Morgan fingerprint density at radius 3 is 2.31 bits per heavy atom. The quantitative estimate of drug-likeness (QED) is 0.617. The molecule has 162 valence electrons. The molecule has 6 heteroatoms. The van der Waals surface area contributed by atoms with E-state index >= 15 is 0 Å². The smallest absolute Gasteiger partial charge is 0.161 e. The van der Waals surface area contributed by atoms with Gasteiger partial charge in [-0.05, 0) is 29.2 Å². The van der Waals surface area contributed by atoms with Crippen molar-refractivity contribution in [2.24, 2.45) is 5.92 Å². The molecular weight excluding hydrogens is 407 g/mol. The van der Waals surface area contributed by atoms with Gasteiger partial charge in [0.05, 0.1) is 7.11 Å². The zero-order valence-electron chi connectivity index (χ0n) is 17.6. The van der Waals surface area contributed by atoms with Crippen molar-refractivity contribution in [2.75, 3.05) is 33.3 Å². The lowest BCUT2D eigenvalue weighted by Crippen LogP contribution is -2.46. The first-order valence-corrected chi connectivity index (χ1v) is 10.0. The zero-order valence-corrected chi connectivity index (χ0v) is 19.2. The van der Waals surface area contributed by atoms with Crippen molar-refractivity contribution in [3.63, 3.8) is 0 Å². The molecule has 2 atom stereocenters. The minimum Gasteiger partial charge on any atom is -0.493 e. The third kappa shape index (κ3) is 6.78. The molecule has 0 aromatic heterocycles. The average Bonchev–Trinajstić information content (AvgIpc) is 2.74. The van der Waals surface area contributed by atoms with Crippen molar-refractivity contribution in [1.29, 1.82) is 0 Å². The molecule has 0 spiro atoms. The predicted octanol–water partition coefficient (Wildman–Crippen LogP) is 5.11.